The summed E-state index contributed by atoms with van der Waals surface area (Å²) in [4.78, 5) is 16.6. The van der Waals surface area contributed by atoms with E-state index in [1.807, 2.05) is 0 Å². The van der Waals surface area contributed by atoms with Gasteiger partial charge in [-0.25, -0.2) is 0 Å². The molecule has 20 heavy (non-hydrogen) atoms. The smallest absolute Gasteiger partial charge is 0.237 e. The topological polar surface area (TPSA) is 75.6 Å². The molecule has 116 valence electrons. The van der Waals surface area contributed by atoms with E-state index in [-0.39, 0.29) is 11.4 Å². The highest BCUT2D eigenvalue weighted by Crippen LogP contribution is 2.30. The van der Waals surface area contributed by atoms with Crippen LogP contribution in [0.5, 0.6) is 0 Å². The number of carbonyl (C=O) groups is 1. The van der Waals surface area contributed by atoms with E-state index in [1.165, 1.54) is 0 Å². The Morgan fingerprint density at radius 3 is 2.30 bits per heavy atom. The molecule has 1 saturated heterocycles. The zero-order valence-electron chi connectivity index (χ0n) is 13.2. The van der Waals surface area contributed by atoms with Crippen LogP contribution in [0.25, 0.3) is 0 Å². The first kappa shape index (κ1) is 15.7. The van der Waals surface area contributed by atoms with E-state index < -0.39 is 5.54 Å². The fraction of sp³-hybridized carbons (Fsp3) is 0.933. The molecule has 1 aliphatic carbocycles. The molecule has 4 N–H and O–H groups in total. The maximum absolute atomic E-state index is 11.6. The molecule has 0 aromatic carbocycles. The zero-order chi connectivity index (χ0) is 15.0. The van der Waals surface area contributed by atoms with Crippen molar-refractivity contribution in [2.45, 2.75) is 63.6 Å². The lowest BCUT2D eigenvalue weighted by Gasteiger charge is -2.47. The summed E-state index contributed by atoms with van der Waals surface area (Å²) in [6.07, 6.45) is 3.60. The predicted molar refractivity (Wildman–Crippen MR) is 81.3 cm³/mol. The number of nitrogens with two attached hydrogens (primary N) is 2. The predicted octanol–water partition coefficient (Wildman–Crippen LogP) is 0.528. The lowest BCUT2D eigenvalue weighted by atomic mass is 9.78. The average Bonchev–Trinajstić information content (AvgIpc) is 2.38. The van der Waals surface area contributed by atoms with Crippen LogP contribution >= 0.6 is 0 Å². The van der Waals surface area contributed by atoms with Crippen LogP contribution in [-0.4, -0.2) is 59.0 Å². The summed E-state index contributed by atoms with van der Waals surface area (Å²) in [5.74, 6) is -0.337. The molecule has 0 spiro atoms. The Morgan fingerprint density at radius 2 is 1.80 bits per heavy atom. The van der Waals surface area contributed by atoms with Gasteiger partial charge in [-0.3, -0.25) is 14.6 Å². The van der Waals surface area contributed by atoms with Crippen LogP contribution in [0.1, 0.15) is 46.5 Å². The fourth-order valence-electron chi connectivity index (χ4n) is 3.57. The Labute approximate surface area is 122 Å². The number of primary amides is 1. The molecule has 5 nitrogen and oxygen atoms in total. The molecular formula is C15H30N4O. The monoisotopic (exact) mass is 282 g/mol. The molecule has 2 atom stereocenters. The Balaban J connectivity index is 1.92. The Morgan fingerprint density at radius 1 is 1.20 bits per heavy atom. The van der Waals surface area contributed by atoms with Crippen molar-refractivity contribution in [1.29, 1.82) is 0 Å². The van der Waals surface area contributed by atoms with Gasteiger partial charge in [0.25, 0.3) is 0 Å². The van der Waals surface area contributed by atoms with Gasteiger partial charge in [-0.05, 0) is 46.5 Å². The van der Waals surface area contributed by atoms with Crippen molar-refractivity contribution in [3.05, 3.63) is 0 Å². The zero-order valence-corrected chi connectivity index (χ0v) is 13.2. The van der Waals surface area contributed by atoms with Crippen molar-refractivity contribution < 1.29 is 4.79 Å². The summed E-state index contributed by atoms with van der Waals surface area (Å²) >= 11 is 0. The molecule has 2 unspecified atom stereocenters. The van der Waals surface area contributed by atoms with Crippen molar-refractivity contribution in [2.75, 3.05) is 26.2 Å². The van der Waals surface area contributed by atoms with E-state index in [2.05, 4.69) is 30.6 Å². The molecule has 0 radical (unpaired) electrons. The third kappa shape index (κ3) is 3.32. The summed E-state index contributed by atoms with van der Waals surface area (Å²) in [6.45, 7) is 11.1. The van der Waals surface area contributed by atoms with Crippen LogP contribution in [0.3, 0.4) is 0 Å². The van der Waals surface area contributed by atoms with Gasteiger partial charge in [0.1, 0.15) is 0 Å². The molecule has 2 aliphatic rings. The highest BCUT2D eigenvalue weighted by atomic mass is 16.1. The summed E-state index contributed by atoms with van der Waals surface area (Å²) in [5.41, 5.74) is 11.1. The molecule has 1 heterocycles. The van der Waals surface area contributed by atoms with Crippen LogP contribution in [0, 0.1) is 0 Å². The standard InChI is InChI=1S/C15H30N4O/c1-14(2,3)19-9-7-18(8-10-19)12-5-4-6-15(17,11-12)13(16)20/h12H,4-11,17H2,1-3H3,(H2,16,20). The highest BCUT2D eigenvalue weighted by molar-refractivity contribution is 5.84. The van der Waals surface area contributed by atoms with Crippen molar-refractivity contribution in [1.82, 2.24) is 9.80 Å². The van der Waals surface area contributed by atoms with E-state index >= 15 is 0 Å². The van der Waals surface area contributed by atoms with Gasteiger partial charge in [-0.2, -0.15) is 0 Å². The maximum atomic E-state index is 11.6. The molecule has 2 rings (SSSR count). The lowest BCUT2D eigenvalue weighted by Crippen LogP contribution is -2.61. The Bertz CT molecular complexity index is 357. The molecule has 2 fully saturated rings. The van der Waals surface area contributed by atoms with Crippen LogP contribution < -0.4 is 11.5 Å². The first-order chi connectivity index (χ1) is 9.22. The van der Waals surface area contributed by atoms with Crippen LogP contribution in [0.4, 0.5) is 0 Å². The second-order valence-corrected chi connectivity index (χ2v) is 7.46. The Hall–Kier alpha value is -0.650. The number of hydrogen-bond donors (Lipinski definition) is 2. The van der Waals surface area contributed by atoms with E-state index in [0.717, 1.165) is 51.9 Å². The molecule has 0 aromatic heterocycles. The first-order valence-electron chi connectivity index (χ1n) is 7.80. The van der Waals surface area contributed by atoms with Gasteiger partial charge in [0.2, 0.25) is 5.91 Å². The first-order valence-corrected chi connectivity index (χ1v) is 7.80. The van der Waals surface area contributed by atoms with E-state index in [4.69, 9.17) is 11.5 Å². The second kappa shape index (κ2) is 5.62. The number of nitrogens with zero attached hydrogens (tertiary/aromatic N) is 2. The van der Waals surface area contributed by atoms with Crippen molar-refractivity contribution >= 4 is 5.91 Å². The second-order valence-electron chi connectivity index (χ2n) is 7.46. The lowest BCUT2D eigenvalue weighted by molar-refractivity contribution is -0.125. The van der Waals surface area contributed by atoms with Gasteiger partial charge in [-0.15, -0.1) is 0 Å². The quantitative estimate of drug-likeness (QED) is 0.774. The largest absolute Gasteiger partial charge is 0.368 e. The number of rotatable bonds is 2. The van der Waals surface area contributed by atoms with Gasteiger partial charge in [0.15, 0.2) is 0 Å². The third-order valence-electron chi connectivity index (χ3n) is 5.03. The van der Waals surface area contributed by atoms with E-state index in [0.29, 0.717) is 6.04 Å². The van der Waals surface area contributed by atoms with Gasteiger partial charge in [-0.1, -0.05) is 0 Å². The van der Waals surface area contributed by atoms with Crippen LogP contribution in [0.15, 0.2) is 0 Å². The number of carbonyl (C=O) groups excluding carboxylic acids is 1. The maximum Gasteiger partial charge on any atom is 0.237 e. The van der Waals surface area contributed by atoms with Crippen LogP contribution in [-0.2, 0) is 4.79 Å². The highest BCUT2D eigenvalue weighted by Gasteiger charge is 2.40. The van der Waals surface area contributed by atoms with Gasteiger partial charge >= 0.3 is 0 Å². The molecule has 0 aromatic rings. The fourth-order valence-corrected chi connectivity index (χ4v) is 3.57. The van der Waals surface area contributed by atoms with Crippen molar-refractivity contribution in [2.24, 2.45) is 11.5 Å². The van der Waals surface area contributed by atoms with E-state index in [9.17, 15) is 4.79 Å². The summed E-state index contributed by atoms with van der Waals surface area (Å²) in [5, 5.41) is 0. The summed E-state index contributed by atoms with van der Waals surface area (Å²) < 4.78 is 0. The minimum atomic E-state index is -0.788. The third-order valence-corrected chi connectivity index (χ3v) is 5.03. The van der Waals surface area contributed by atoms with Gasteiger partial charge in [0, 0.05) is 37.8 Å². The number of hydrogen-bond acceptors (Lipinski definition) is 4. The number of amides is 1. The van der Waals surface area contributed by atoms with Gasteiger partial charge < -0.3 is 11.5 Å². The Kier molecular flexibility index (Phi) is 4.42. The molecule has 1 aliphatic heterocycles. The summed E-state index contributed by atoms with van der Waals surface area (Å²) in [6, 6.07) is 0.420. The molecule has 1 amide bonds. The molecular weight excluding hydrogens is 252 g/mol. The molecule has 1 saturated carbocycles. The van der Waals surface area contributed by atoms with Gasteiger partial charge in [0.05, 0.1) is 5.54 Å². The minimum Gasteiger partial charge on any atom is -0.368 e. The minimum absolute atomic E-state index is 0.240. The average molecular weight is 282 g/mol. The summed E-state index contributed by atoms with van der Waals surface area (Å²) in [7, 11) is 0. The number of piperazine rings is 1. The van der Waals surface area contributed by atoms with Crippen molar-refractivity contribution in [3.63, 3.8) is 0 Å². The molecule has 5 heteroatoms. The van der Waals surface area contributed by atoms with Crippen LogP contribution in [0.2, 0.25) is 0 Å². The molecule has 0 bridgehead atoms. The SMILES string of the molecule is CC(C)(C)N1CCN(C2CCCC(N)(C(N)=O)C2)CC1. The van der Waals surface area contributed by atoms with E-state index in [1.54, 1.807) is 0 Å². The normalized spacial score (nSPS) is 34.1. The van der Waals surface area contributed by atoms with Crippen molar-refractivity contribution in [3.8, 4) is 0 Å².